The lowest BCUT2D eigenvalue weighted by Crippen LogP contribution is -2.75. The van der Waals surface area contributed by atoms with Crippen molar-refractivity contribution in [3.05, 3.63) is 177 Å². The van der Waals surface area contributed by atoms with Gasteiger partial charge in [-0.3, -0.25) is 4.98 Å². The summed E-state index contributed by atoms with van der Waals surface area (Å²) in [6.07, 6.45) is -50.0. The molecular formula is C45H22BBr3F24N2O2. The Bertz CT molecular complexity index is 2670. The number of aromatic nitrogens is 2. The van der Waals surface area contributed by atoms with Crippen LogP contribution in [0.4, 0.5) is 105 Å². The summed E-state index contributed by atoms with van der Waals surface area (Å²) in [4.78, 5) is 16.1. The number of carbonyl (C=O) groups is 1. The van der Waals surface area contributed by atoms with E-state index in [2.05, 4.69) is 52.8 Å². The maximum atomic E-state index is 14.2. The lowest BCUT2D eigenvalue weighted by Gasteiger charge is -2.46. The smallest absolute Gasteiger partial charge is 0.416 e. The molecule has 1 heterocycles. The van der Waals surface area contributed by atoms with Gasteiger partial charge in [-0.1, -0.05) is 78.9 Å². The van der Waals surface area contributed by atoms with E-state index in [0.717, 1.165) is 5.56 Å². The normalized spacial score (nSPS) is 13.5. The Morgan fingerprint density at radius 3 is 0.922 bits per heavy atom. The second-order valence-electron chi connectivity index (χ2n) is 16.1. The Balaban J connectivity index is 0.000000455. The van der Waals surface area contributed by atoms with Crippen molar-refractivity contribution in [3.63, 3.8) is 0 Å². The maximum Gasteiger partial charge on any atom is 0.416 e. The molecule has 0 aliphatic rings. The topological polar surface area (TPSA) is 43.1 Å². The fourth-order valence-electron chi connectivity index (χ4n) is 7.70. The van der Waals surface area contributed by atoms with Crippen LogP contribution < -0.4 is 26.4 Å². The molecule has 5 aromatic carbocycles. The lowest BCUT2D eigenvalue weighted by molar-refractivity contribution is -0.691. The first kappa shape index (κ1) is 62.3. The van der Waals surface area contributed by atoms with Crippen molar-refractivity contribution in [1.29, 1.82) is 0 Å². The van der Waals surface area contributed by atoms with Crippen LogP contribution >= 0.6 is 47.8 Å². The highest BCUT2D eigenvalue weighted by Crippen LogP contribution is 2.42. The van der Waals surface area contributed by atoms with Gasteiger partial charge in [-0.05, 0) is 72.1 Å². The zero-order chi connectivity index (χ0) is 58.5. The van der Waals surface area contributed by atoms with E-state index in [0.29, 0.717) is 12.2 Å². The van der Waals surface area contributed by atoms with Gasteiger partial charge < -0.3 is 4.74 Å². The molecule has 6 rings (SSSR count). The summed E-state index contributed by atoms with van der Waals surface area (Å²) in [6, 6.07) is 1.03. The summed E-state index contributed by atoms with van der Waals surface area (Å²) in [7, 11) is 0. The van der Waals surface area contributed by atoms with Gasteiger partial charge in [-0.25, -0.2) is 4.79 Å². The van der Waals surface area contributed by atoms with Crippen LogP contribution in [0.15, 0.2) is 122 Å². The van der Waals surface area contributed by atoms with Gasteiger partial charge in [0.15, 0.2) is 12.7 Å². The van der Waals surface area contributed by atoms with Crippen LogP contribution in [0.1, 0.15) is 60.6 Å². The molecule has 0 saturated carbocycles. The predicted octanol–water partition coefficient (Wildman–Crippen LogP) is 14.6. The Morgan fingerprint density at radius 2 is 0.688 bits per heavy atom. The van der Waals surface area contributed by atoms with E-state index in [1.54, 1.807) is 17.0 Å². The Kier molecular flexibility index (Phi) is 17.5. The largest absolute Gasteiger partial charge is 0.419 e. The molecular weight excluding hydrogens is 1310 g/mol. The van der Waals surface area contributed by atoms with Crippen LogP contribution in [0.3, 0.4) is 0 Å². The molecule has 0 aliphatic carbocycles. The third kappa shape index (κ3) is 15.4. The highest BCUT2D eigenvalue weighted by molar-refractivity contribution is 9.39. The molecule has 0 fully saturated rings. The summed E-state index contributed by atoms with van der Waals surface area (Å²) >= 11 is 9.39. The minimum absolute atomic E-state index is 0.360. The number of halogens is 27. The van der Waals surface area contributed by atoms with Crippen LogP contribution in [-0.2, 0) is 60.7 Å². The number of benzene rings is 5. The highest BCUT2D eigenvalue weighted by atomic mass is 80.0. The van der Waals surface area contributed by atoms with Crippen molar-refractivity contribution in [2.45, 2.75) is 58.3 Å². The number of hydrogen-bond donors (Lipinski definition) is 0. The number of rotatable bonds is 7. The molecule has 0 radical (unpaired) electrons. The van der Waals surface area contributed by atoms with E-state index in [-0.39, 0.29) is 0 Å². The standard InChI is InChI=1S/C32H12BF24.C13H10Br3N2O2/c34-25(35,36)13-1-14(26(37,38)39)6-21(5-13)33(22-7-15(27(40,41)42)2-16(8-22)28(43,44)45,23-9-17(29(46,47)48)3-18(10-23)30(49,50)51)24-11-19(31(52,53)54)4-20(12-24)32(55,56)57;14-13(15,16)20-12(19)11-8-17-6-7-18(11)9-10-4-2-1-3-5-10/h1-12H;1-8H,9H2/q-1;+1. The van der Waals surface area contributed by atoms with Crippen LogP contribution in [0.5, 0.6) is 0 Å². The molecule has 0 unspecified atom stereocenters. The predicted molar refractivity (Wildman–Crippen MR) is 235 cm³/mol. The summed E-state index contributed by atoms with van der Waals surface area (Å²) in [6.45, 7) is 0.563. The number of ether oxygens (including phenoxy) is 1. The van der Waals surface area contributed by atoms with Gasteiger partial charge in [-0.15, -0.1) is 0 Å². The lowest BCUT2D eigenvalue weighted by atomic mass is 9.12. The van der Waals surface area contributed by atoms with Gasteiger partial charge in [0.2, 0.25) is 0 Å². The number of nitrogens with zero attached hydrogens (tertiary/aromatic N) is 2. The summed E-state index contributed by atoms with van der Waals surface area (Å²) in [5.41, 5.74) is -28.8. The molecule has 32 heteroatoms. The summed E-state index contributed by atoms with van der Waals surface area (Å²) < 4.78 is 347. The first-order valence-corrected chi connectivity index (χ1v) is 22.6. The Morgan fingerprint density at radius 1 is 0.429 bits per heavy atom. The van der Waals surface area contributed by atoms with Crippen molar-refractivity contribution in [2.24, 2.45) is 0 Å². The van der Waals surface area contributed by atoms with Crippen molar-refractivity contribution in [2.75, 3.05) is 0 Å². The molecule has 0 saturated heterocycles. The Labute approximate surface area is 440 Å². The number of carbonyl (C=O) groups excluding carboxylic acids is 1. The molecule has 416 valence electrons. The Hall–Kier alpha value is -5.53. The highest BCUT2D eigenvalue weighted by Gasteiger charge is 2.47. The SMILES string of the molecule is FC(F)(F)c1cc([B-](c2cc(C(F)(F)F)cc(C(F)(F)F)c2)(c2cc(C(F)(F)F)cc(C(F)(F)F)c2)c2cc(C(F)(F)F)cc(C(F)(F)F)c2)cc(C(F)(F)F)c1.O=C(OC(Br)(Br)Br)c1cncc[n+]1Cc1ccccc1. The molecule has 1 aromatic heterocycles. The molecule has 0 atom stereocenters. The first-order valence-electron chi connectivity index (χ1n) is 20.2. The molecule has 0 aliphatic heterocycles. The van der Waals surface area contributed by atoms with Crippen LogP contribution in [0.2, 0.25) is 0 Å². The summed E-state index contributed by atoms with van der Waals surface area (Å²) in [5.74, 6) is -0.500. The molecule has 0 spiro atoms. The van der Waals surface area contributed by atoms with E-state index >= 15 is 0 Å². The molecule has 0 N–H and O–H groups in total. The maximum absolute atomic E-state index is 14.2. The molecule has 6 aromatic rings. The van der Waals surface area contributed by atoms with Gasteiger partial charge in [0, 0.05) is 5.56 Å². The van der Waals surface area contributed by atoms with E-state index in [1.807, 2.05) is 30.3 Å². The number of hydrogen-bond acceptors (Lipinski definition) is 3. The second kappa shape index (κ2) is 21.6. The van der Waals surface area contributed by atoms with Crippen LogP contribution in [-0.4, -0.2) is 19.4 Å². The van der Waals surface area contributed by atoms with Crippen LogP contribution in [0, 0.1) is 0 Å². The van der Waals surface area contributed by atoms with E-state index in [1.165, 1.54) is 6.20 Å². The average Bonchev–Trinajstić information content (AvgIpc) is 3.27. The fraction of sp³-hybridized carbons (Fsp3) is 0.222. The monoisotopic (exact) mass is 1330 g/mol. The fourth-order valence-corrected chi connectivity index (χ4v) is 8.14. The van der Waals surface area contributed by atoms with E-state index < -0.39 is 203 Å². The van der Waals surface area contributed by atoms with Crippen molar-refractivity contribution < 1.29 is 119 Å². The minimum atomic E-state index is -6.13. The van der Waals surface area contributed by atoms with Crippen molar-refractivity contribution in [3.8, 4) is 0 Å². The van der Waals surface area contributed by atoms with Crippen molar-refractivity contribution in [1.82, 2.24) is 4.98 Å². The molecule has 0 bridgehead atoms. The minimum Gasteiger partial charge on any atom is -0.419 e. The zero-order valence-corrected chi connectivity index (χ0v) is 41.5. The van der Waals surface area contributed by atoms with Gasteiger partial charge in [0.25, 0.3) is 2.33 Å². The first-order chi connectivity index (χ1) is 34.7. The molecule has 4 nitrogen and oxygen atoms in total. The number of esters is 1. The summed E-state index contributed by atoms with van der Waals surface area (Å²) in [5, 5.41) is 0. The van der Waals surface area contributed by atoms with E-state index in [9.17, 15) is 110 Å². The van der Waals surface area contributed by atoms with Gasteiger partial charge in [0.05, 0.1) is 50.7 Å². The third-order valence-electron chi connectivity index (χ3n) is 10.9. The molecule has 0 amide bonds. The van der Waals surface area contributed by atoms with Gasteiger partial charge in [0.1, 0.15) is 12.3 Å². The molecule has 77 heavy (non-hydrogen) atoms. The zero-order valence-electron chi connectivity index (χ0n) is 36.7. The van der Waals surface area contributed by atoms with Crippen LogP contribution in [0.25, 0.3) is 0 Å². The van der Waals surface area contributed by atoms with E-state index in [4.69, 9.17) is 4.74 Å². The third-order valence-corrected chi connectivity index (χ3v) is 11.4. The van der Waals surface area contributed by atoms with Gasteiger partial charge >= 0.3 is 61.1 Å². The number of alkyl halides is 27. The average molecular weight is 1330 g/mol. The quantitative estimate of drug-likeness (QED) is 0.0526. The second-order valence-corrected chi connectivity index (χ2v) is 22.7. The van der Waals surface area contributed by atoms with Crippen molar-refractivity contribution >= 4 is 81.8 Å². The van der Waals surface area contributed by atoms with Gasteiger partial charge in [-0.2, -0.15) is 132 Å².